The van der Waals surface area contributed by atoms with Gasteiger partial charge in [-0.15, -0.1) is 0 Å². The normalized spacial score (nSPS) is 12.3. The van der Waals surface area contributed by atoms with Crippen molar-refractivity contribution in [2.24, 2.45) is 0 Å². The number of aliphatic carboxylic acids is 1. The number of carbonyl (C=O) groups excluding carboxylic acids is 1. The van der Waals surface area contributed by atoms with E-state index in [-0.39, 0.29) is 12.2 Å². The van der Waals surface area contributed by atoms with Gasteiger partial charge < -0.3 is 20.3 Å². The smallest absolute Gasteiger partial charge is 0.408 e. The average molecular weight is 749 g/mol. The highest BCUT2D eigenvalue weighted by atomic mass is 127. The van der Waals surface area contributed by atoms with E-state index < -0.39 is 23.7 Å². The van der Waals surface area contributed by atoms with Crippen LogP contribution in [0.4, 0.5) is 4.79 Å². The molecule has 1 atom stereocenters. The maximum atomic E-state index is 12.0. The van der Waals surface area contributed by atoms with Crippen molar-refractivity contribution in [2.45, 2.75) is 45.3 Å². The fourth-order valence-electron chi connectivity index (χ4n) is 2.69. The minimum absolute atomic E-state index is 0.151. The molecule has 0 fully saturated rings. The number of phenols is 1. The predicted molar refractivity (Wildman–Crippen MR) is 140 cm³/mol. The van der Waals surface area contributed by atoms with Crippen LogP contribution in [-0.2, 0) is 22.4 Å². The Labute approximate surface area is 216 Å². The molecule has 162 valence electrons. The lowest BCUT2D eigenvalue weighted by atomic mass is 10.0. The Kier molecular flexibility index (Phi) is 9.04. The van der Waals surface area contributed by atoms with Crippen molar-refractivity contribution in [3.8, 4) is 5.75 Å². The highest BCUT2D eigenvalue weighted by Gasteiger charge is 2.24. The van der Waals surface area contributed by atoms with Gasteiger partial charge in [-0.1, -0.05) is 6.07 Å². The number of halogens is 3. The molecule has 0 saturated carbocycles. The summed E-state index contributed by atoms with van der Waals surface area (Å²) in [5, 5.41) is 21.7. The van der Waals surface area contributed by atoms with Gasteiger partial charge in [0.05, 0.1) is 3.57 Å². The molecule has 0 heterocycles. The zero-order valence-corrected chi connectivity index (χ0v) is 23.1. The van der Waals surface area contributed by atoms with Crippen LogP contribution in [0, 0.1) is 10.7 Å². The molecule has 1 amide bonds. The molecule has 0 aliphatic rings. The molecular weight excluding hydrogens is 727 g/mol. The second-order valence-corrected chi connectivity index (χ2v) is 11.2. The molecule has 30 heavy (non-hydrogen) atoms. The van der Waals surface area contributed by atoms with Crippen LogP contribution in [0.3, 0.4) is 0 Å². The number of ether oxygens (including phenoxy) is 1. The van der Waals surface area contributed by atoms with Crippen LogP contribution in [-0.4, -0.2) is 33.9 Å². The second-order valence-electron chi connectivity index (χ2n) is 7.74. The van der Waals surface area contributed by atoms with Crippen molar-refractivity contribution in [1.29, 1.82) is 0 Å². The van der Waals surface area contributed by atoms with Gasteiger partial charge >= 0.3 is 12.1 Å². The average Bonchev–Trinajstić information content (AvgIpc) is 2.59. The van der Waals surface area contributed by atoms with E-state index >= 15 is 0 Å². The van der Waals surface area contributed by atoms with E-state index in [1.54, 1.807) is 26.8 Å². The molecule has 2 aromatic carbocycles. The number of rotatable bonds is 6. The first-order valence-electron chi connectivity index (χ1n) is 9.02. The molecule has 0 aliphatic carbocycles. The number of benzene rings is 2. The summed E-state index contributed by atoms with van der Waals surface area (Å²) in [5.74, 6) is -0.857. The molecule has 9 heteroatoms. The van der Waals surface area contributed by atoms with Crippen molar-refractivity contribution < 1.29 is 24.5 Å². The molecule has 0 spiro atoms. The van der Waals surface area contributed by atoms with Crippen molar-refractivity contribution in [3.05, 3.63) is 57.7 Å². The van der Waals surface area contributed by atoms with E-state index in [0.717, 1.165) is 27.4 Å². The zero-order valence-electron chi connectivity index (χ0n) is 16.6. The van der Waals surface area contributed by atoms with E-state index in [2.05, 4.69) is 73.1 Å². The lowest BCUT2D eigenvalue weighted by molar-refractivity contribution is -0.139. The van der Waals surface area contributed by atoms with E-state index in [1.165, 1.54) is 0 Å². The number of aromatic hydroxyl groups is 1. The minimum Gasteiger partial charge on any atom is -0.507 e. The number of carboxylic acid groups (broad SMARTS) is 1. The quantitative estimate of drug-likeness (QED) is 0.348. The molecule has 0 aromatic heterocycles. The Morgan fingerprint density at radius 1 is 1.03 bits per heavy atom. The van der Waals surface area contributed by atoms with Gasteiger partial charge in [0.25, 0.3) is 0 Å². The van der Waals surface area contributed by atoms with Crippen LogP contribution >= 0.6 is 67.8 Å². The summed E-state index contributed by atoms with van der Waals surface area (Å²) < 4.78 is 7.99. The summed E-state index contributed by atoms with van der Waals surface area (Å²) in [5.41, 5.74) is 2.33. The SMILES string of the molecule is CC(C)(C)OC(=O)NC(Cc1cc(I)c(Cc2ccc(O)c(I)c2)c(I)c1)C(=O)O. The summed E-state index contributed by atoms with van der Waals surface area (Å²) in [7, 11) is 0. The third-order valence-corrected chi connectivity index (χ3v) is 6.81. The molecule has 3 N–H and O–H groups in total. The fourth-order valence-corrected chi connectivity index (χ4v) is 5.55. The Bertz CT molecular complexity index is 933. The van der Waals surface area contributed by atoms with Crippen LogP contribution in [0.2, 0.25) is 0 Å². The topological polar surface area (TPSA) is 95.9 Å². The first-order valence-corrected chi connectivity index (χ1v) is 12.3. The Morgan fingerprint density at radius 2 is 1.60 bits per heavy atom. The van der Waals surface area contributed by atoms with Gasteiger partial charge in [0.1, 0.15) is 17.4 Å². The Hall–Kier alpha value is -0.830. The largest absolute Gasteiger partial charge is 0.507 e. The van der Waals surface area contributed by atoms with Gasteiger partial charge in [-0.25, -0.2) is 9.59 Å². The van der Waals surface area contributed by atoms with Crippen LogP contribution in [0.15, 0.2) is 30.3 Å². The molecule has 0 saturated heterocycles. The number of nitrogens with one attached hydrogen (secondary N) is 1. The number of carbonyl (C=O) groups is 2. The van der Waals surface area contributed by atoms with Crippen molar-refractivity contribution in [1.82, 2.24) is 5.32 Å². The molecular formula is C21H22I3NO5. The maximum Gasteiger partial charge on any atom is 0.408 e. The summed E-state index contributed by atoms with van der Waals surface area (Å²) in [6.07, 6.45) is 0.0988. The molecule has 0 radical (unpaired) electrons. The van der Waals surface area contributed by atoms with Gasteiger partial charge in [0.15, 0.2) is 0 Å². The highest BCUT2D eigenvalue weighted by molar-refractivity contribution is 14.1. The van der Waals surface area contributed by atoms with Crippen molar-refractivity contribution >= 4 is 79.8 Å². The zero-order chi connectivity index (χ0) is 22.6. The number of phenolic OH excluding ortho intramolecular Hbond substituents is 1. The maximum absolute atomic E-state index is 12.0. The van der Waals surface area contributed by atoms with E-state index in [4.69, 9.17) is 4.74 Å². The molecule has 2 rings (SSSR count). The van der Waals surface area contributed by atoms with Crippen LogP contribution in [0.5, 0.6) is 5.75 Å². The van der Waals surface area contributed by atoms with Crippen molar-refractivity contribution in [3.63, 3.8) is 0 Å². The summed E-state index contributed by atoms with van der Waals surface area (Å²) in [4.78, 5) is 23.6. The Morgan fingerprint density at radius 3 is 2.10 bits per heavy atom. The van der Waals surface area contributed by atoms with E-state index in [1.807, 2.05) is 24.3 Å². The van der Waals surface area contributed by atoms with Crippen LogP contribution < -0.4 is 5.32 Å². The van der Waals surface area contributed by atoms with Gasteiger partial charge in [-0.05, 0) is 136 Å². The van der Waals surface area contributed by atoms with Gasteiger partial charge in [-0.3, -0.25) is 0 Å². The van der Waals surface area contributed by atoms with Crippen molar-refractivity contribution in [2.75, 3.05) is 0 Å². The van der Waals surface area contributed by atoms with Gasteiger partial charge in [0, 0.05) is 13.6 Å². The lowest BCUT2D eigenvalue weighted by Gasteiger charge is -2.22. The minimum atomic E-state index is -1.12. The summed E-state index contributed by atoms with van der Waals surface area (Å²) in [6.45, 7) is 5.17. The standard InChI is InChI=1S/C21H22I3NO5/c1-21(2,3)30-20(29)25-17(19(27)28)10-12-8-14(22)13(15(23)9-12)6-11-4-5-18(26)16(24)7-11/h4-5,7-9,17,26H,6,10H2,1-3H3,(H,25,29)(H,27,28). The molecule has 0 bridgehead atoms. The number of carboxylic acids is 1. The molecule has 6 nitrogen and oxygen atoms in total. The van der Waals surface area contributed by atoms with Crippen LogP contribution in [0.1, 0.15) is 37.5 Å². The third-order valence-electron chi connectivity index (χ3n) is 4.02. The number of hydrogen-bond donors (Lipinski definition) is 3. The number of amides is 1. The molecule has 1 unspecified atom stereocenters. The Balaban J connectivity index is 2.18. The first-order chi connectivity index (χ1) is 13.9. The predicted octanol–water partition coefficient (Wildman–Crippen LogP) is 5.32. The lowest BCUT2D eigenvalue weighted by Crippen LogP contribution is -2.44. The number of alkyl carbamates (subject to hydrolysis) is 1. The van der Waals surface area contributed by atoms with Gasteiger partial charge in [-0.2, -0.15) is 0 Å². The van der Waals surface area contributed by atoms with E-state index in [0.29, 0.717) is 6.42 Å². The molecule has 0 aliphatic heterocycles. The highest BCUT2D eigenvalue weighted by Crippen LogP contribution is 2.27. The summed E-state index contributed by atoms with van der Waals surface area (Å²) >= 11 is 6.59. The van der Waals surface area contributed by atoms with Crippen LogP contribution in [0.25, 0.3) is 0 Å². The molecule has 2 aromatic rings. The monoisotopic (exact) mass is 749 g/mol. The second kappa shape index (κ2) is 10.7. The summed E-state index contributed by atoms with van der Waals surface area (Å²) in [6, 6.07) is 8.32. The van der Waals surface area contributed by atoms with E-state index in [9.17, 15) is 19.8 Å². The van der Waals surface area contributed by atoms with Gasteiger partial charge in [0.2, 0.25) is 0 Å². The fraction of sp³-hybridized carbons (Fsp3) is 0.333. The first kappa shape index (κ1) is 25.4. The number of hydrogen-bond acceptors (Lipinski definition) is 4. The third kappa shape index (κ3) is 7.70.